The number of carbonyl (C=O) groups excluding carboxylic acids is 1. The SMILES string of the molecule is Cc1ccc(C(F)(F)CNC(=O)c2cc(C)ncc2[S+]([O-])c2cccc(C3CC3)c2F)c(C)c1. The first-order valence-electron chi connectivity index (χ1n) is 11.0. The van der Waals surface area contributed by atoms with Gasteiger partial charge in [-0.1, -0.05) is 35.9 Å². The fraction of sp³-hybridized carbons (Fsp3) is 0.308. The first kappa shape index (κ1) is 24.3. The number of carbonyl (C=O) groups is 1. The van der Waals surface area contributed by atoms with Crippen LogP contribution in [0.3, 0.4) is 0 Å². The molecule has 0 bridgehead atoms. The normalized spacial score (nSPS) is 14.7. The Morgan fingerprint density at radius 3 is 2.56 bits per heavy atom. The van der Waals surface area contributed by atoms with Gasteiger partial charge in [0.05, 0.1) is 18.3 Å². The number of aromatic nitrogens is 1. The quantitative estimate of drug-likeness (QED) is 0.435. The van der Waals surface area contributed by atoms with Gasteiger partial charge in [-0.2, -0.15) is 8.78 Å². The third kappa shape index (κ3) is 4.98. The number of hydrogen-bond donors (Lipinski definition) is 1. The average Bonchev–Trinajstić information content (AvgIpc) is 3.62. The van der Waals surface area contributed by atoms with Crippen molar-refractivity contribution in [2.45, 2.75) is 55.2 Å². The number of alkyl halides is 2. The number of aryl methyl sites for hydroxylation is 3. The van der Waals surface area contributed by atoms with Gasteiger partial charge in [-0.15, -0.1) is 0 Å². The molecular weight excluding hydrogens is 461 g/mol. The molecule has 0 radical (unpaired) electrons. The molecule has 3 aromatic rings. The maximum Gasteiger partial charge on any atom is 0.290 e. The molecule has 178 valence electrons. The average molecular weight is 487 g/mol. The van der Waals surface area contributed by atoms with Crippen LogP contribution in [0.1, 0.15) is 57.1 Å². The molecule has 2 aromatic carbocycles. The molecule has 0 aliphatic heterocycles. The summed E-state index contributed by atoms with van der Waals surface area (Å²) in [7, 11) is 0. The van der Waals surface area contributed by atoms with E-state index in [9.17, 15) is 18.1 Å². The summed E-state index contributed by atoms with van der Waals surface area (Å²) in [4.78, 5) is 17.0. The Labute approximate surface area is 199 Å². The largest absolute Gasteiger partial charge is 0.606 e. The van der Waals surface area contributed by atoms with Crippen molar-refractivity contribution in [2.24, 2.45) is 0 Å². The van der Waals surface area contributed by atoms with Crippen LogP contribution in [-0.4, -0.2) is 22.0 Å². The number of benzene rings is 2. The third-order valence-corrected chi connectivity index (χ3v) is 7.35. The van der Waals surface area contributed by atoms with E-state index in [0.29, 0.717) is 16.8 Å². The van der Waals surface area contributed by atoms with Crippen LogP contribution in [0.4, 0.5) is 13.2 Å². The van der Waals surface area contributed by atoms with Crippen molar-refractivity contribution in [3.63, 3.8) is 0 Å². The van der Waals surface area contributed by atoms with Crippen LogP contribution in [-0.2, 0) is 17.1 Å². The van der Waals surface area contributed by atoms with Gasteiger partial charge in [-0.05, 0) is 62.8 Å². The summed E-state index contributed by atoms with van der Waals surface area (Å²) in [6, 6.07) is 10.7. The van der Waals surface area contributed by atoms with E-state index >= 15 is 4.39 Å². The summed E-state index contributed by atoms with van der Waals surface area (Å²) in [6.07, 6.45) is 2.99. The zero-order chi connectivity index (χ0) is 24.6. The van der Waals surface area contributed by atoms with Gasteiger partial charge >= 0.3 is 0 Å². The summed E-state index contributed by atoms with van der Waals surface area (Å²) >= 11 is -2.05. The van der Waals surface area contributed by atoms with Crippen LogP contribution in [0.25, 0.3) is 0 Å². The Bertz CT molecular complexity index is 1240. The van der Waals surface area contributed by atoms with Gasteiger partial charge in [0.1, 0.15) is 0 Å². The third-order valence-electron chi connectivity index (χ3n) is 5.91. The molecule has 1 fully saturated rings. The number of nitrogens with zero attached hydrogens (tertiary/aromatic N) is 1. The molecule has 0 spiro atoms. The molecule has 1 atom stereocenters. The van der Waals surface area contributed by atoms with E-state index in [-0.39, 0.29) is 26.8 Å². The Balaban J connectivity index is 1.59. The molecule has 1 aliphatic carbocycles. The number of amides is 1. The molecule has 1 saturated carbocycles. The summed E-state index contributed by atoms with van der Waals surface area (Å²) < 4.78 is 58.1. The van der Waals surface area contributed by atoms with Crippen LogP contribution in [0.15, 0.2) is 58.5 Å². The van der Waals surface area contributed by atoms with Gasteiger partial charge in [-0.25, -0.2) is 4.39 Å². The van der Waals surface area contributed by atoms with Crippen LogP contribution >= 0.6 is 0 Å². The molecule has 1 unspecified atom stereocenters. The number of rotatable bonds is 7. The van der Waals surface area contributed by atoms with Gasteiger partial charge in [0.15, 0.2) is 15.6 Å². The summed E-state index contributed by atoms with van der Waals surface area (Å²) in [6.45, 7) is 4.10. The van der Waals surface area contributed by atoms with E-state index in [2.05, 4.69) is 10.3 Å². The second-order valence-electron chi connectivity index (χ2n) is 8.73. The van der Waals surface area contributed by atoms with Crippen molar-refractivity contribution in [1.29, 1.82) is 0 Å². The Kier molecular flexibility index (Phi) is 6.73. The maximum absolute atomic E-state index is 15.1. The van der Waals surface area contributed by atoms with E-state index in [0.717, 1.165) is 18.4 Å². The predicted octanol–water partition coefficient (Wildman–Crippen LogP) is 5.71. The van der Waals surface area contributed by atoms with Gasteiger partial charge in [0.25, 0.3) is 11.8 Å². The summed E-state index contributed by atoms with van der Waals surface area (Å²) in [5.41, 5.74) is 1.99. The van der Waals surface area contributed by atoms with E-state index in [1.165, 1.54) is 24.4 Å². The van der Waals surface area contributed by atoms with Gasteiger partial charge in [-0.3, -0.25) is 9.78 Å². The molecule has 0 saturated heterocycles. The lowest BCUT2D eigenvalue weighted by atomic mass is 10.00. The van der Waals surface area contributed by atoms with Gasteiger partial charge in [0, 0.05) is 22.4 Å². The maximum atomic E-state index is 15.1. The zero-order valence-electron chi connectivity index (χ0n) is 19.1. The Morgan fingerprint density at radius 1 is 1.15 bits per heavy atom. The first-order chi connectivity index (χ1) is 16.1. The molecule has 1 heterocycles. The molecule has 4 nitrogen and oxygen atoms in total. The summed E-state index contributed by atoms with van der Waals surface area (Å²) in [5.74, 6) is -4.57. The zero-order valence-corrected chi connectivity index (χ0v) is 19.9. The molecule has 1 N–H and O–H groups in total. The van der Waals surface area contributed by atoms with Crippen LogP contribution in [0.5, 0.6) is 0 Å². The number of nitrogens with one attached hydrogen (secondary N) is 1. The topological polar surface area (TPSA) is 65.0 Å². The minimum Gasteiger partial charge on any atom is -0.606 e. The van der Waals surface area contributed by atoms with Crippen molar-refractivity contribution in [3.05, 3.63) is 88.0 Å². The van der Waals surface area contributed by atoms with Crippen molar-refractivity contribution in [1.82, 2.24) is 10.3 Å². The second kappa shape index (κ2) is 9.43. The Morgan fingerprint density at radius 2 is 1.88 bits per heavy atom. The highest BCUT2D eigenvalue weighted by Crippen LogP contribution is 2.43. The van der Waals surface area contributed by atoms with Crippen molar-refractivity contribution < 1.29 is 22.5 Å². The molecule has 1 amide bonds. The minimum absolute atomic E-state index is 0.0234. The number of halogens is 3. The Hall–Kier alpha value is -2.84. The standard InChI is InChI=1S/C26H25F3N2O2S/c1-15-7-10-21(16(2)11-15)26(28,29)14-31-25(32)20-12-17(3)30-13-23(20)34(33)22-6-4-5-19(24(22)27)18-8-9-18/h4-7,10-13,18H,8-9,14H2,1-3H3,(H,31,32). The molecule has 1 aliphatic rings. The second-order valence-corrected chi connectivity index (χ2v) is 10.1. The van der Waals surface area contributed by atoms with E-state index in [1.807, 2.05) is 6.92 Å². The minimum atomic E-state index is -3.31. The van der Waals surface area contributed by atoms with Crippen LogP contribution < -0.4 is 5.32 Å². The molecule has 1 aromatic heterocycles. The smallest absolute Gasteiger partial charge is 0.290 e. The van der Waals surface area contributed by atoms with E-state index in [1.54, 1.807) is 38.1 Å². The number of pyridine rings is 1. The highest BCUT2D eigenvalue weighted by atomic mass is 32.2. The highest BCUT2D eigenvalue weighted by molar-refractivity contribution is 7.91. The first-order valence-corrected chi connectivity index (χ1v) is 12.1. The lowest BCUT2D eigenvalue weighted by molar-refractivity contribution is -0.00310. The van der Waals surface area contributed by atoms with E-state index in [4.69, 9.17) is 0 Å². The van der Waals surface area contributed by atoms with Gasteiger partial charge in [0.2, 0.25) is 0 Å². The molecular formula is C26H25F3N2O2S. The molecule has 8 heteroatoms. The monoisotopic (exact) mass is 486 g/mol. The van der Waals surface area contributed by atoms with Gasteiger partial charge < -0.3 is 9.87 Å². The predicted molar refractivity (Wildman–Crippen MR) is 124 cm³/mol. The molecule has 34 heavy (non-hydrogen) atoms. The highest BCUT2D eigenvalue weighted by Gasteiger charge is 2.36. The fourth-order valence-electron chi connectivity index (χ4n) is 3.98. The lowest BCUT2D eigenvalue weighted by Crippen LogP contribution is -2.36. The number of hydrogen-bond acceptors (Lipinski definition) is 3. The van der Waals surface area contributed by atoms with Crippen molar-refractivity contribution in [2.75, 3.05) is 6.54 Å². The van der Waals surface area contributed by atoms with Crippen molar-refractivity contribution in [3.8, 4) is 0 Å². The molecule has 4 rings (SSSR count). The summed E-state index contributed by atoms with van der Waals surface area (Å²) in [5, 5.41) is 2.26. The fourth-order valence-corrected chi connectivity index (χ4v) is 5.20. The van der Waals surface area contributed by atoms with Crippen LogP contribution in [0.2, 0.25) is 0 Å². The van der Waals surface area contributed by atoms with Crippen LogP contribution in [0, 0.1) is 26.6 Å². The van der Waals surface area contributed by atoms with E-state index < -0.39 is 35.4 Å². The lowest BCUT2D eigenvalue weighted by Gasteiger charge is -2.20. The van der Waals surface area contributed by atoms with Crippen molar-refractivity contribution >= 4 is 17.1 Å².